The molecule has 1 aromatic carbocycles. The molecule has 144 valence electrons. The molecule has 0 radical (unpaired) electrons. The summed E-state index contributed by atoms with van der Waals surface area (Å²) in [6.45, 7) is 2.96. The third kappa shape index (κ3) is 4.05. The number of nitrogens with one attached hydrogen (secondary N) is 1. The van der Waals surface area contributed by atoms with E-state index in [1.807, 2.05) is 0 Å². The van der Waals surface area contributed by atoms with Crippen LogP contribution in [-0.4, -0.2) is 69.3 Å². The average Bonchev–Trinajstić information content (AvgIpc) is 2.62. The lowest BCUT2D eigenvalue weighted by Crippen LogP contribution is -3.13. The predicted molar refractivity (Wildman–Crippen MR) is 91.1 cm³/mol. The highest BCUT2D eigenvalue weighted by atomic mass is 32.2. The van der Waals surface area contributed by atoms with E-state index in [9.17, 15) is 22.0 Å². The Hall–Kier alpha value is -1.58. The number of piperidine rings is 1. The number of carbonyl (C=O) groups excluding carboxylic acids is 1. The standard InChI is InChI=1S/C17H23F2N3O3S/c18-14-5-4-6-15(19)17(14)26(24,25)22-11-9-21(10-12-22)16(23)13-20-7-2-1-3-8-20/h4-6H,1-3,7-13H2/p+1. The van der Waals surface area contributed by atoms with E-state index < -0.39 is 26.6 Å². The van der Waals surface area contributed by atoms with Gasteiger partial charge >= 0.3 is 0 Å². The summed E-state index contributed by atoms with van der Waals surface area (Å²) in [4.78, 5) is 14.4. The molecule has 0 spiro atoms. The molecule has 2 aliphatic rings. The molecule has 26 heavy (non-hydrogen) atoms. The molecule has 0 bridgehead atoms. The summed E-state index contributed by atoms with van der Waals surface area (Å²) < 4.78 is 53.9. The van der Waals surface area contributed by atoms with Gasteiger partial charge in [-0.2, -0.15) is 4.31 Å². The van der Waals surface area contributed by atoms with Gasteiger partial charge in [-0.25, -0.2) is 17.2 Å². The fraction of sp³-hybridized carbons (Fsp3) is 0.588. The lowest BCUT2D eigenvalue weighted by Gasteiger charge is -2.35. The van der Waals surface area contributed by atoms with Gasteiger partial charge in [0.2, 0.25) is 10.0 Å². The summed E-state index contributed by atoms with van der Waals surface area (Å²) >= 11 is 0. The number of rotatable bonds is 4. The van der Waals surface area contributed by atoms with E-state index in [2.05, 4.69) is 0 Å². The minimum Gasteiger partial charge on any atom is -0.335 e. The van der Waals surface area contributed by atoms with Crippen LogP contribution in [0.15, 0.2) is 23.1 Å². The molecule has 2 heterocycles. The van der Waals surface area contributed by atoms with Gasteiger partial charge in [-0.1, -0.05) is 6.07 Å². The summed E-state index contributed by atoms with van der Waals surface area (Å²) in [5.74, 6) is -2.19. The second kappa shape index (κ2) is 7.98. The number of carbonyl (C=O) groups is 1. The molecule has 1 N–H and O–H groups in total. The van der Waals surface area contributed by atoms with Crippen molar-refractivity contribution in [3.8, 4) is 0 Å². The van der Waals surface area contributed by atoms with Gasteiger partial charge in [0, 0.05) is 26.2 Å². The van der Waals surface area contributed by atoms with Gasteiger partial charge < -0.3 is 9.80 Å². The smallest absolute Gasteiger partial charge is 0.277 e. The van der Waals surface area contributed by atoms with Gasteiger partial charge in [0.1, 0.15) is 11.6 Å². The van der Waals surface area contributed by atoms with Crippen molar-refractivity contribution < 1.29 is 26.9 Å². The average molecular weight is 388 g/mol. The van der Waals surface area contributed by atoms with Crippen LogP contribution in [0.2, 0.25) is 0 Å². The van der Waals surface area contributed by atoms with Crippen LogP contribution in [-0.2, 0) is 14.8 Å². The fourth-order valence-corrected chi connectivity index (χ4v) is 5.12. The van der Waals surface area contributed by atoms with E-state index in [4.69, 9.17) is 0 Å². The number of amides is 1. The van der Waals surface area contributed by atoms with Crippen LogP contribution in [0.1, 0.15) is 19.3 Å². The Balaban J connectivity index is 1.61. The van der Waals surface area contributed by atoms with Crippen LogP contribution in [0, 0.1) is 11.6 Å². The highest BCUT2D eigenvalue weighted by Crippen LogP contribution is 2.23. The maximum atomic E-state index is 13.9. The number of hydrogen-bond acceptors (Lipinski definition) is 3. The Morgan fingerprint density at radius 3 is 2.15 bits per heavy atom. The van der Waals surface area contributed by atoms with Crippen molar-refractivity contribution in [2.24, 2.45) is 0 Å². The zero-order valence-corrected chi connectivity index (χ0v) is 15.4. The summed E-state index contributed by atoms with van der Waals surface area (Å²) in [6, 6.07) is 2.98. The first-order valence-electron chi connectivity index (χ1n) is 8.95. The van der Waals surface area contributed by atoms with Crippen LogP contribution in [0.5, 0.6) is 0 Å². The number of piperazine rings is 1. The molecule has 0 unspecified atom stereocenters. The highest BCUT2D eigenvalue weighted by molar-refractivity contribution is 7.89. The van der Waals surface area contributed by atoms with Crippen molar-refractivity contribution in [3.63, 3.8) is 0 Å². The minimum absolute atomic E-state index is 0.0102. The maximum absolute atomic E-state index is 13.9. The fourth-order valence-electron chi connectivity index (χ4n) is 3.59. The number of benzene rings is 1. The number of quaternary nitrogens is 1. The molecule has 9 heteroatoms. The van der Waals surface area contributed by atoms with Crippen molar-refractivity contribution in [1.82, 2.24) is 9.21 Å². The summed E-state index contributed by atoms with van der Waals surface area (Å²) in [5.41, 5.74) is 0. The van der Waals surface area contributed by atoms with Crippen LogP contribution in [0.3, 0.4) is 0 Å². The molecule has 2 saturated heterocycles. The monoisotopic (exact) mass is 388 g/mol. The SMILES string of the molecule is O=C(C[NH+]1CCCCC1)N1CCN(S(=O)(=O)c2c(F)cccc2F)CC1. The van der Waals surface area contributed by atoms with Crippen LogP contribution >= 0.6 is 0 Å². The first-order chi connectivity index (χ1) is 12.4. The number of halogens is 2. The number of likely N-dealkylation sites (tertiary alicyclic amines) is 1. The topological polar surface area (TPSA) is 62.1 Å². The Labute approximate surface area is 152 Å². The zero-order chi connectivity index (χ0) is 18.7. The van der Waals surface area contributed by atoms with Crippen molar-refractivity contribution in [1.29, 1.82) is 0 Å². The van der Waals surface area contributed by atoms with Crippen LogP contribution < -0.4 is 4.90 Å². The first kappa shape index (κ1) is 19.2. The van der Waals surface area contributed by atoms with Gasteiger partial charge in [0.05, 0.1) is 13.1 Å². The molecule has 6 nitrogen and oxygen atoms in total. The van der Waals surface area contributed by atoms with Gasteiger partial charge in [-0.3, -0.25) is 4.79 Å². The number of nitrogens with zero attached hydrogens (tertiary/aromatic N) is 2. The summed E-state index contributed by atoms with van der Waals surface area (Å²) in [6.07, 6.45) is 3.46. The van der Waals surface area contributed by atoms with Crippen molar-refractivity contribution >= 4 is 15.9 Å². The Morgan fingerprint density at radius 1 is 1.00 bits per heavy atom. The second-order valence-corrected chi connectivity index (χ2v) is 8.70. The Morgan fingerprint density at radius 2 is 1.58 bits per heavy atom. The molecular formula is C17H24F2N3O3S+. The largest absolute Gasteiger partial charge is 0.335 e. The van der Waals surface area contributed by atoms with E-state index in [-0.39, 0.29) is 32.1 Å². The number of hydrogen-bond donors (Lipinski definition) is 1. The summed E-state index contributed by atoms with van der Waals surface area (Å²) in [7, 11) is -4.26. The maximum Gasteiger partial charge on any atom is 0.277 e. The molecular weight excluding hydrogens is 364 g/mol. The molecule has 0 aliphatic carbocycles. The Kier molecular flexibility index (Phi) is 5.89. The molecule has 3 rings (SSSR count). The molecule has 2 aliphatic heterocycles. The molecule has 0 aromatic heterocycles. The van der Waals surface area contributed by atoms with Crippen molar-refractivity contribution in [3.05, 3.63) is 29.8 Å². The molecule has 2 fully saturated rings. The van der Waals surface area contributed by atoms with E-state index in [0.717, 1.165) is 48.4 Å². The number of sulfonamides is 1. The molecule has 1 amide bonds. The normalized spacial score (nSPS) is 20.3. The molecule has 0 atom stereocenters. The second-order valence-electron chi connectivity index (χ2n) is 6.82. The lowest BCUT2D eigenvalue weighted by atomic mass is 10.1. The first-order valence-corrected chi connectivity index (χ1v) is 10.4. The van der Waals surface area contributed by atoms with E-state index in [0.29, 0.717) is 6.54 Å². The third-order valence-electron chi connectivity index (χ3n) is 5.07. The predicted octanol–water partition coefficient (Wildman–Crippen LogP) is -0.133. The van der Waals surface area contributed by atoms with Gasteiger partial charge in [0.15, 0.2) is 11.4 Å². The lowest BCUT2D eigenvalue weighted by molar-refractivity contribution is -0.897. The van der Waals surface area contributed by atoms with E-state index in [1.165, 1.54) is 11.3 Å². The summed E-state index contributed by atoms with van der Waals surface area (Å²) in [5, 5.41) is 0. The van der Waals surface area contributed by atoms with Crippen LogP contribution in [0.4, 0.5) is 8.78 Å². The zero-order valence-electron chi connectivity index (χ0n) is 14.6. The van der Waals surface area contributed by atoms with E-state index in [1.54, 1.807) is 4.90 Å². The highest BCUT2D eigenvalue weighted by Gasteiger charge is 2.34. The molecule has 0 saturated carbocycles. The van der Waals surface area contributed by atoms with Gasteiger partial charge in [-0.15, -0.1) is 0 Å². The van der Waals surface area contributed by atoms with Gasteiger partial charge in [-0.05, 0) is 31.4 Å². The minimum atomic E-state index is -4.26. The third-order valence-corrected chi connectivity index (χ3v) is 7.02. The van der Waals surface area contributed by atoms with Gasteiger partial charge in [0.25, 0.3) is 5.91 Å². The van der Waals surface area contributed by atoms with E-state index >= 15 is 0 Å². The van der Waals surface area contributed by atoms with Crippen molar-refractivity contribution in [2.45, 2.75) is 24.2 Å². The molecule has 1 aromatic rings. The Bertz CT molecular complexity index is 738. The van der Waals surface area contributed by atoms with Crippen molar-refractivity contribution in [2.75, 3.05) is 45.8 Å². The van der Waals surface area contributed by atoms with Crippen LogP contribution in [0.25, 0.3) is 0 Å². The quantitative estimate of drug-likeness (QED) is 0.782.